The van der Waals surface area contributed by atoms with Gasteiger partial charge in [0.25, 0.3) is 5.91 Å². The van der Waals surface area contributed by atoms with Gasteiger partial charge in [0.2, 0.25) is 0 Å². The number of hydrogen-bond donors (Lipinski definition) is 2. The molecule has 2 fully saturated rings. The Morgan fingerprint density at radius 2 is 1.96 bits per heavy atom. The number of amides is 1. The van der Waals surface area contributed by atoms with Crippen molar-refractivity contribution in [2.45, 2.75) is 57.5 Å². The van der Waals surface area contributed by atoms with Crippen LogP contribution in [0.2, 0.25) is 0 Å². The number of rotatable bonds is 5. The zero-order valence-corrected chi connectivity index (χ0v) is 15.9. The van der Waals surface area contributed by atoms with E-state index in [0.29, 0.717) is 29.0 Å². The Morgan fingerprint density at radius 1 is 1.18 bits per heavy atom. The Bertz CT molecular complexity index is 925. The average molecular weight is 379 g/mol. The van der Waals surface area contributed by atoms with E-state index in [1.165, 1.54) is 25.7 Å². The molecule has 0 spiro atoms. The number of fused-ring (bicyclic) bond motifs is 1. The minimum absolute atomic E-state index is 0.0932. The van der Waals surface area contributed by atoms with E-state index in [4.69, 9.17) is 4.74 Å². The van der Waals surface area contributed by atoms with Crippen molar-refractivity contribution in [1.29, 1.82) is 5.26 Å². The van der Waals surface area contributed by atoms with Gasteiger partial charge in [-0.3, -0.25) is 4.79 Å². The number of nitriles is 1. The minimum atomic E-state index is -0.440. The lowest BCUT2D eigenvalue weighted by Crippen LogP contribution is -2.32. The third-order valence-electron chi connectivity index (χ3n) is 5.90. The molecular weight excluding hydrogens is 354 g/mol. The molecule has 0 saturated heterocycles. The minimum Gasteiger partial charge on any atom is -0.505 e. The summed E-state index contributed by atoms with van der Waals surface area (Å²) in [4.78, 5) is 16.6. The standard InChI is InChI=1S/C22H25N3O3/c23-12-19-18-11-16(28-15-7-2-1-3-8-15)9-10-17(18)21(26)20(25-19)22(27)24-13-14-5-4-6-14/h9-11,14-15,26H,1-8,13H2,(H,24,27). The third kappa shape index (κ3) is 3.75. The smallest absolute Gasteiger partial charge is 0.273 e. The first-order valence-electron chi connectivity index (χ1n) is 10.2. The van der Waals surface area contributed by atoms with E-state index in [1.54, 1.807) is 18.2 Å². The zero-order chi connectivity index (χ0) is 19.5. The van der Waals surface area contributed by atoms with Crippen LogP contribution >= 0.6 is 0 Å². The number of aromatic nitrogens is 1. The van der Waals surface area contributed by atoms with Crippen molar-refractivity contribution in [1.82, 2.24) is 10.3 Å². The number of hydrogen-bond acceptors (Lipinski definition) is 5. The molecule has 2 aliphatic rings. The van der Waals surface area contributed by atoms with Crippen LogP contribution in [0.5, 0.6) is 11.5 Å². The van der Waals surface area contributed by atoms with E-state index in [0.717, 1.165) is 25.7 Å². The average Bonchev–Trinajstić information content (AvgIpc) is 2.68. The van der Waals surface area contributed by atoms with Gasteiger partial charge in [-0.25, -0.2) is 4.98 Å². The highest BCUT2D eigenvalue weighted by Gasteiger charge is 2.23. The first-order chi connectivity index (χ1) is 13.7. The van der Waals surface area contributed by atoms with Gasteiger partial charge in [0.05, 0.1) is 6.10 Å². The molecule has 0 atom stereocenters. The fraction of sp³-hybridized carbons (Fsp3) is 0.500. The number of nitrogens with zero attached hydrogens (tertiary/aromatic N) is 2. The molecule has 4 rings (SSSR count). The molecule has 146 valence electrons. The molecule has 6 nitrogen and oxygen atoms in total. The normalized spacial score (nSPS) is 17.7. The lowest BCUT2D eigenvalue weighted by atomic mass is 9.85. The first-order valence-corrected chi connectivity index (χ1v) is 10.2. The Balaban J connectivity index is 1.60. The molecule has 1 heterocycles. The summed E-state index contributed by atoms with van der Waals surface area (Å²) in [6.07, 6.45) is 9.28. The highest BCUT2D eigenvalue weighted by Crippen LogP contribution is 2.33. The molecule has 0 unspecified atom stereocenters. The van der Waals surface area contributed by atoms with Gasteiger partial charge in [0.1, 0.15) is 17.5 Å². The van der Waals surface area contributed by atoms with Crippen LogP contribution in [0, 0.1) is 17.2 Å². The Kier molecular flexibility index (Phi) is 5.34. The lowest BCUT2D eigenvalue weighted by molar-refractivity contribution is 0.0931. The molecule has 0 bridgehead atoms. The van der Waals surface area contributed by atoms with E-state index >= 15 is 0 Å². The topological polar surface area (TPSA) is 95.2 Å². The quantitative estimate of drug-likeness (QED) is 0.817. The highest BCUT2D eigenvalue weighted by molar-refractivity contribution is 6.03. The fourth-order valence-corrected chi connectivity index (χ4v) is 3.99. The van der Waals surface area contributed by atoms with E-state index in [-0.39, 0.29) is 23.2 Å². The third-order valence-corrected chi connectivity index (χ3v) is 5.90. The van der Waals surface area contributed by atoms with Gasteiger partial charge < -0.3 is 15.2 Å². The Labute approximate surface area is 164 Å². The number of aromatic hydroxyl groups is 1. The van der Waals surface area contributed by atoms with Gasteiger partial charge in [0.15, 0.2) is 11.4 Å². The van der Waals surface area contributed by atoms with Gasteiger partial charge in [-0.15, -0.1) is 0 Å². The molecule has 0 aliphatic heterocycles. The van der Waals surface area contributed by atoms with Gasteiger partial charge in [-0.05, 0) is 62.6 Å². The maximum atomic E-state index is 12.5. The number of benzene rings is 1. The number of pyridine rings is 1. The summed E-state index contributed by atoms with van der Waals surface area (Å²) in [5.41, 5.74) is 0.0278. The summed E-state index contributed by atoms with van der Waals surface area (Å²) in [5, 5.41) is 23.9. The van der Waals surface area contributed by atoms with Crippen molar-refractivity contribution >= 4 is 16.7 Å². The molecule has 1 amide bonds. The second kappa shape index (κ2) is 8.05. The van der Waals surface area contributed by atoms with E-state index < -0.39 is 5.91 Å². The van der Waals surface area contributed by atoms with Gasteiger partial charge in [-0.1, -0.05) is 12.8 Å². The van der Waals surface area contributed by atoms with Crippen molar-refractivity contribution in [2.24, 2.45) is 5.92 Å². The Hall–Kier alpha value is -2.81. The van der Waals surface area contributed by atoms with E-state index in [9.17, 15) is 15.2 Å². The van der Waals surface area contributed by atoms with Gasteiger partial charge >= 0.3 is 0 Å². The highest BCUT2D eigenvalue weighted by atomic mass is 16.5. The van der Waals surface area contributed by atoms with Crippen LogP contribution in [0.25, 0.3) is 10.8 Å². The first kappa shape index (κ1) is 18.5. The van der Waals surface area contributed by atoms with Crippen LogP contribution in [0.3, 0.4) is 0 Å². The van der Waals surface area contributed by atoms with Crippen molar-refractivity contribution in [2.75, 3.05) is 6.54 Å². The summed E-state index contributed by atoms with van der Waals surface area (Å²) in [5.74, 6) is 0.537. The summed E-state index contributed by atoms with van der Waals surface area (Å²) in [7, 11) is 0. The van der Waals surface area contributed by atoms with Crippen LogP contribution in [0.15, 0.2) is 18.2 Å². The fourth-order valence-electron chi connectivity index (χ4n) is 3.99. The predicted molar refractivity (Wildman–Crippen MR) is 105 cm³/mol. The molecule has 0 radical (unpaired) electrons. The van der Waals surface area contributed by atoms with Crippen LogP contribution in [0.1, 0.15) is 67.5 Å². The van der Waals surface area contributed by atoms with Gasteiger partial charge in [-0.2, -0.15) is 5.26 Å². The summed E-state index contributed by atoms with van der Waals surface area (Å²) in [6.45, 7) is 0.577. The van der Waals surface area contributed by atoms with Crippen molar-refractivity contribution in [3.63, 3.8) is 0 Å². The number of ether oxygens (including phenoxy) is 1. The molecule has 2 N–H and O–H groups in total. The van der Waals surface area contributed by atoms with Gasteiger partial charge in [0, 0.05) is 17.3 Å². The van der Waals surface area contributed by atoms with Crippen LogP contribution in [0.4, 0.5) is 0 Å². The maximum Gasteiger partial charge on any atom is 0.273 e. The van der Waals surface area contributed by atoms with E-state index in [2.05, 4.69) is 16.4 Å². The monoisotopic (exact) mass is 379 g/mol. The summed E-state index contributed by atoms with van der Waals surface area (Å²) in [6, 6.07) is 7.28. The number of carbonyl (C=O) groups is 1. The molecule has 2 aliphatic carbocycles. The summed E-state index contributed by atoms with van der Waals surface area (Å²) >= 11 is 0. The van der Waals surface area contributed by atoms with Crippen LogP contribution < -0.4 is 10.1 Å². The predicted octanol–water partition coefficient (Wildman–Crippen LogP) is 4.05. The van der Waals surface area contributed by atoms with Crippen molar-refractivity contribution in [3.8, 4) is 17.6 Å². The zero-order valence-electron chi connectivity index (χ0n) is 15.9. The molecule has 2 saturated carbocycles. The maximum absolute atomic E-state index is 12.5. The largest absolute Gasteiger partial charge is 0.505 e. The second-order valence-electron chi connectivity index (χ2n) is 7.86. The van der Waals surface area contributed by atoms with E-state index in [1.807, 2.05) is 0 Å². The molecule has 2 aromatic rings. The second-order valence-corrected chi connectivity index (χ2v) is 7.86. The summed E-state index contributed by atoms with van der Waals surface area (Å²) < 4.78 is 6.07. The SMILES string of the molecule is N#Cc1nc(C(=O)NCC2CCC2)c(O)c2ccc(OC3CCCCC3)cc12. The molecule has 6 heteroatoms. The lowest BCUT2D eigenvalue weighted by Gasteiger charge is -2.25. The number of carbonyl (C=O) groups excluding carboxylic acids is 1. The van der Waals surface area contributed by atoms with Crippen LogP contribution in [-0.4, -0.2) is 28.6 Å². The molecule has 1 aromatic carbocycles. The Morgan fingerprint density at radius 3 is 2.64 bits per heavy atom. The van der Waals surface area contributed by atoms with Crippen molar-refractivity contribution < 1.29 is 14.6 Å². The van der Waals surface area contributed by atoms with Crippen LogP contribution in [-0.2, 0) is 0 Å². The number of nitrogens with one attached hydrogen (secondary N) is 1. The van der Waals surface area contributed by atoms with Crippen molar-refractivity contribution in [3.05, 3.63) is 29.6 Å². The molecule has 1 aromatic heterocycles. The molecule has 28 heavy (non-hydrogen) atoms. The molecular formula is C22H25N3O3.